The van der Waals surface area contributed by atoms with Crippen molar-refractivity contribution >= 4 is 0 Å². The molecular weight excluding hydrogens is 196 g/mol. The minimum Gasteiger partial charge on any atom is -0.490 e. The first-order valence-electron chi connectivity index (χ1n) is 6.39. The molecule has 0 saturated heterocycles. The van der Waals surface area contributed by atoms with E-state index in [4.69, 9.17) is 4.74 Å². The highest BCUT2D eigenvalue weighted by Gasteiger charge is 2.20. The number of aryl methyl sites for hydroxylation is 2. The largest absolute Gasteiger partial charge is 0.490 e. The molecule has 2 unspecified atom stereocenters. The Bertz CT molecular complexity index is 356. The topological polar surface area (TPSA) is 9.23 Å². The molecule has 16 heavy (non-hydrogen) atoms. The standard InChI is InChI=1S/C15H22O/c1-11-5-4-6-14(10-11)16-15-8-7-12(2)9-13(15)3/h7-9,11,14H,4-6,10H2,1-3H3. The molecule has 1 nitrogen and oxygen atoms in total. The van der Waals surface area contributed by atoms with Gasteiger partial charge in [0, 0.05) is 0 Å². The summed E-state index contributed by atoms with van der Waals surface area (Å²) >= 11 is 0. The zero-order valence-corrected chi connectivity index (χ0v) is 10.6. The molecule has 1 fully saturated rings. The van der Waals surface area contributed by atoms with Gasteiger partial charge < -0.3 is 4.74 Å². The van der Waals surface area contributed by atoms with Crippen molar-refractivity contribution in [2.75, 3.05) is 0 Å². The first-order valence-corrected chi connectivity index (χ1v) is 6.39. The summed E-state index contributed by atoms with van der Waals surface area (Å²) in [7, 11) is 0. The molecule has 0 aromatic heterocycles. The van der Waals surface area contributed by atoms with Gasteiger partial charge in [-0.25, -0.2) is 0 Å². The van der Waals surface area contributed by atoms with E-state index < -0.39 is 0 Å². The minimum absolute atomic E-state index is 0.435. The van der Waals surface area contributed by atoms with Crippen LogP contribution in [-0.4, -0.2) is 6.10 Å². The monoisotopic (exact) mass is 218 g/mol. The predicted molar refractivity (Wildman–Crippen MR) is 68.0 cm³/mol. The molecule has 0 amide bonds. The molecule has 0 radical (unpaired) electrons. The Hall–Kier alpha value is -0.980. The second-order valence-corrected chi connectivity index (χ2v) is 5.28. The fourth-order valence-corrected chi connectivity index (χ4v) is 2.60. The van der Waals surface area contributed by atoms with Crippen LogP contribution in [0.5, 0.6) is 5.75 Å². The molecule has 0 N–H and O–H groups in total. The van der Waals surface area contributed by atoms with Gasteiger partial charge in [0.2, 0.25) is 0 Å². The van der Waals surface area contributed by atoms with E-state index in [2.05, 4.69) is 39.0 Å². The molecule has 1 aliphatic carbocycles. The summed E-state index contributed by atoms with van der Waals surface area (Å²) in [5.41, 5.74) is 2.57. The molecule has 2 atom stereocenters. The van der Waals surface area contributed by atoms with E-state index in [1.54, 1.807) is 0 Å². The van der Waals surface area contributed by atoms with Crippen LogP contribution in [0.1, 0.15) is 43.7 Å². The second-order valence-electron chi connectivity index (χ2n) is 5.28. The first kappa shape index (κ1) is 11.5. The van der Waals surface area contributed by atoms with Crippen LogP contribution < -0.4 is 4.74 Å². The van der Waals surface area contributed by atoms with E-state index >= 15 is 0 Å². The van der Waals surface area contributed by atoms with Crippen LogP contribution in [0.25, 0.3) is 0 Å². The Labute approximate surface area is 98.8 Å². The van der Waals surface area contributed by atoms with E-state index in [0.29, 0.717) is 6.10 Å². The highest BCUT2D eigenvalue weighted by atomic mass is 16.5. The summed E-state index contributed by atoms with van der Waals surface area (Å²) in [6, 6.07) is 6.44. The van der Waals surface area contributed by atoms with Gasteiger partial charge in [0.25, 0.3) is 0 Å². The third-order valence-electron chi connectivity index (χ3n) is 3.51. The maximum Gasteiger partial charge on any atom is 0.122 e. The lowest BCUT2D eigenvalue weighted by Crippen LogP contribution is -2.24. The van der Waals surface area contributed by atoms with Crippen LogP contribution in [0, 0.1) is 19.8 Å². The van der Waals surface area contributed by atoms with Gasteiger partial charge in [0.15, 0.2) is 0 Å². The van der Waals surface area contributed by atoms with Gasteiger partial charge in [-0.2, -0.15) is 0 Å². The Morgan fingerprint density at radius 3 is 2.69 bits per heavy atom. The molecule has 1 aliphatic rings. The van der Waals surface area contributed by atoms with Crippen molar-refractivity contribution in [2.24, 2.45) is 5.92 Å². The summed E-state index contributed by atoms with van der Waals surface area (Å²) in [6.45, 7) is 6.59. The molecule has 1 saturated carbocycles. The Kier molecular flexibility index (Phi) is 3.52. The lowest BCUT2D eigenvalue weighted by Gasteiger charge is -2.28. The molecule has 0 aliphatic heterocycles. The lowest BCUT2D eigenvalue weighted by atomic mass is 9.88. The Morgan fingerprint density at radius 1 is 1.19 bits per heavy atom. The highest BCUT2D eigenvalue weighted by molar-refractivity contribution is 5.35. The average Bonchev–Trinajstić information content (AvgIpc) is 2.22. The smallest absolute Gasteiger partial charge is 0.122 e. The molecule has 0 heterocycles. The fraction of sp³-hybridized carbons (Fsp3) is 0.600. The Morgan fingerprint density at radius 2 is 2.00 bits per heavy atom. The quantitative estimate of drug-likeness (QED) is 0.720. The maximum atomic E-state index is 6.11. The van der Waals surface area contributed by atoms with Crippen molar-refractivity contribution in [1.82, 2.24) is 0 Å². The lowest BCUT2D eigenvalue weighted by molar-refractivity contribution is 0.128. The molecular formula is C15H22O. The van der Waals surface area contributed by atoms with Crippen LogP contribution in [0.3, 0.4) is 0 Å². The van der Waals surface area contributed by atoms with Gasteiger partial charge >= 0.3 is 0 Å². The summed E-state index contributed by atoms with van der Waals surface area (Å²) in [4.78, 5) is 0. The molecule has 88 valence electrons. The number of hydrogen-bond acceptors (Lipinski definition) is 1. The summed E-state index contributed by atoms with van der Waals surface area (Å²) < 4.78 is 6.11. The molecule has 2 rings (SSSR count). The average molecular weight is 218 g/mol. The molecule has 0 bridgehead atoms. The van der Waals surface area contributed by atoms with Gasteiger partial charge in [0.05, 0.1) is 6.10 Å². The number of rotatable bonds is 2. The zero-order chi connectivity index (χ0) is 11.5. The van der Waals surface area contributed by atoms with E-state index in [1.165, 1.54) is 36.8 Å². The number of ether oxygens (including phenoxy) is 1. The van der Waals surface area contributed by atoms with Crippen LogP contribution in [-0.2, 0) is 0 Å². The molecule has 1 aromatic rings. The second kappa shape index (κ2) is 4.90. The SMILES string of the molecule is Cc1ccc(OC2CCCC(C)C2)c(C)c1. The zero-order valence-electron chi connectivity index (χ0n) is 10.6. The fourth-order valence-electron chi connectivity index (χ4n) is 2.60. The van der Waals surface area contributed by atoms with Gasteiger partial charge in [-0.15, -0.1) is 0 Å². The third-order valence-corrected chi connectivity index (χ3v) is 3.51. The van der Waals surface area contributed by atoms with Gasteiger partial charge in [0.1, 0.15) is 5.75 Å². The van der Waals surface area contributed by atoms with Crippen LogP contribution in [0.4, 0.5) is 0 Å². The van der Waals surface area contributed by atoms with Gasteiger partial charge in [-0.05, 0) is 50.7 Å². The highest BCUT2D eigenvalue weighted by Crippen LogP contribution is 2.29. The van der Waals surface area contributed by atoms with E-state index in [-0.39, 0.29) is 0 Å². The van der Waals surface area contributed by atoms with E-state index in [1.807, 2.05) is 0 Å². The van der Waals surface area contributed by atoms with Gasteiger partial charge in [-0.3, -0.25) is 0 Å². The number of benzene rings is 1. The van der Waals surface area contributed by atoms with Crippen LogP contribution in [0.2, 0.25) is 0 Å². The predicted octanol–water partition coefficient (Wildman–Crippen LogP) is 4.26. The van der Waals surface area contributed by atoms with Crippen molar-refractivity contribution in [1.29, 1.82) is 0 Å². The van der Waals surface area contributed by atoms with Crippen molar-refractivity contribution in [2.45, 2.75) is 52.6 Å². The molecule has 1 aromatic carbocycles. The molecule has 0 spiro atoms. The summed E-state index contributed by atoms with van der Waals surface area (Å²) in [5, 5.41) is 0. The normalized spacial score (nSPS) is 25.4. The third kappa shape index (κ3) is 2.78. The Balaban J connectivity index is 2.02. The van der Waals surface area contributed by atoms with Gasteiger partial charge in [-0.1, -0.05) is 31.0 Å². The first-order chi connectivity index (χ1) is 7.65. The van der Waals surface area contributed by atoms with Crippen molar-refractivity contribution < 1.29 is 4.74 Å². The van der Waals surface area contributed by atoms with Crippen LogP contribution >= 0.6 is 0 Å². The summed E-state index contributed by atoms with van der Waals surface area (Å²) in [6.07, 6.45) is 5.55. The maximum absolute atomic E-state index is 6.11. The van der Waals surface area contributed by atoms with Crippen molar-refractivity contribution in [3.05, 3.63) is 29.3 Å². The van der Waals surface area contributed by atoms with Crippen LogP contribution in [0.15, 0.2) is 18.2 Å². The van der Waals surface area contributed by atoms with Crippen molar-refractivity contribution in [3.63, 3.8) is 0 Å². The van der Waals surface area contributed by atoms with E-state index in [9.17, 15) is 0 Å². The molecule has 1 heteroatoms. The number of hydrogen-bond donors (Lipinski definition) is 0. The minimum atomic E-state index is 0.435. The van der Waals surface area contributed by atoms with E-state index in [0.717, 1.165) is 11.7 Å². The van der Waals surface area contributed by atoms with Crippen molar-refractivity contribution in [3.8, 4) is 5.75 Å². The summed E-state index contributed by atoms with van der Waals surface area (Å²) in [5.74, 6) is 1.90.